The van der Waals surface area contributed by atoms with Gasteiger partial charge in [0.15, 0.2) is 0 Å². The highest BCUT2D eigenvalue weighted by atomic mass is 19.1. The third-order valence-corrected chi connectivity index (χ3v) is 5.10. The zero-order chi connectivity index (χ0) is 22.3. The summed E-state index contributed by atoms with van der Waals surface area (Å²) >= 11 is 0. The van der Waals surface area contributed by atoms with Crippen molar-refractivity contribution in [2.45, 2.75) is 6.54 Å². The highest BCUT2D eigenvalue weighted by Crippen LogP contribution is 2.21. The van der Waals surface area contributed by atoms with Crippen molar-refractivity contribution in [2.75, 3.05) is 43.4 Å². The van der Waals surface area contributed by atoms with Gasteiger partial charge in [-0.15, -0.1) is 0 Å². The van der Waals surface area contributed by atoms with E-state index in [0.717, 1.165) is 37.6 Å². The number of aromatic nitrogens is 2. The minimum atomic E-state index is -0.387. The molecule has 1 fully saturated rings. The maximum Gasteiger partial charge on any atom is 0.319 e. The summed E-state index contributed by atoms with van der Waals surface area (Å²) in [5.41, 5.74) is 1.42. The predicted molar refractivity (Wildman–Crippen MR) is 121 cm³/mol. The lowest BCUT2D eigenvalue weighted by atomic mass is 10.2. The monoisotopic (exact) mass is 436 g/mol. The van der Waals surface area contributed by atoms with E-state index in [4.69, 9.17) is 4.74 Å². The molecule has 0 radical (unpaired) electrons. The maximum absolute atomic E-state index is 13.2. The van der Waals surface area contributed by atoms with Gasteiger partial charge in [-0.2, -0.15) is 0 Å². The van der Waals surface area contributed by atoms with Crippen molar-refractivity contribution >= 4 is 17.5 Å². The first kappa shape index (κ1) is 21.5. The summed E-state index contributed by atoms with van der Waals surface area (Å²) in [5.74, 6) is 1.22. The second kappa shape index (κ2) is 10.1. The topological polar surface area (TPSA) is 82.6 Å². The van der Waals surface area contributed by atoms with Gasteiger partial charge in [-0.25, -0.2) is 19.2 Å². The number of nitrogens with one attached hydrogen (secondary N) is 2. The number of carbonyl (C=O) groups is 1. The molecule has 0 spiro atoms. The number of amides is 2. The molecule has 1 aliphatic heterocycles. The Kier molecular flexibility index (Phi) is 6.76. The number of rotatable bonds is 6. The normalized spacial score (nSPS) is 14.1. The molecule has 166 valence electrons. The van der Waals surface area contributed by atoms with Crippen LogP contribution >= 0.6 is 0 Å². The van der Waals surface area contributed by atoms with E-state index in [1.54, 1.807) is 30.5 Å². The highest BCUT2D eigenvalue weighted by molar-refractivity contribution is 5.88. The second-order valence-corrected chi connectivity index (χ2v) is 7.57. The molecule has 3 heterocycles. The fourth-order valence-corrected chi connectivity index (χ4v) is 3.27. The molecular formula is C23H25FN6O2. The van der Waals surface area contributed by atoms with Crippen molar-refractivity contribution in [1.82, 2.24) is 20.2 Å². The molecule has 4 rings (SSSR count). The molecule has 3 aromatic rings. The number of benzene rings is 1. The zero-order valence-electron chi connectivity index (χ0n) is 17.8. The average molecular weight is 436 g/mol. The van der Waals surface area contributed by atoms with Crippen LogP contribution in [-0.4, -0.2) is 54.1 Å². The van der Waals surface area contributed by atoms with Crippen molar-refractivity contribution in [3.8, 4) is 11.6 Å². The third-order valence-electron chi connectivity index (χ3n) is 5.10. The largest absolute Gasteiger partial charge is 0.439 e. The van der Waals surface area contributed by atoms with Crippen LogP contribution in [-0.2, 0) is 6.54 Å². The number of likely N-dealkylation sites (N-methyl/N-ethyl adjacent to an activating group) is 1. The Morgan fingerprint density at radius 2 is 1.91 bits per heavy atom. The van der Waals surface area contributed by atoms with Crippen LogP contribution in [0.5, 0.6) is 11.6 Å². The first-order valence-corrected chi connectivity index (χ1v) is 10.4. The first-order valence-electron chi connectivity index (χ1n) is 10.4. The molecule has 1 saturated heterocycles. The van der Waals surface area contributed by atoms with E-state index < -0.39 is 0 Å². The summed E-state index contributed by atoms with van der Waals surface area (Å²) in [6.07, 6.45) is 3.26. The van der Waals surface area contributed by atoms with Crippen molar-refractivity contribution in [1.29, 1.82) is 0 Å². The number of nitrogens with zero attached hydrogens (tertiary/aromatic N) is 4. The lowest BCUT2D eigenvalue weighted by Crippen LogP contribution is -2.44. The van der Waals surface area contributed by atoms with Crippen LogP contribution in [0.4, 0.5) is 20.7 Å². The first-order chi connectivity index (χ1) is 15.5. The lowest BCUT2D eigenvalue weighted by Gasteiger charge is -2.33. The number of halogens is 1. The molecule has 9 heteroatoms. The Bertz CT molecular complexity index is 1040. The molecule has 0 unspecified atom stereocenters. The summed E-state index contributed by atoms with van der Waals surface area (Å²) < 4.78 is 18.7. The highest BCUT2D eigenvalue weighted by Gasteiger charge is 2.15. The van der Waals surface area contributed by atoms with Gasteiger partial charge in [0.05, 0.1) is 11.9 Å². The number of hydrogen-bond acceptors (Lipinski definition) is 6. The van der Waals surface area contributed by atoms with Crippen molar-refractivity contribution in [3.05, 3.63) is 72.3 Å². The SMILES string of the molecule is CN1CCN(c2ccc(CNC(=O)Nc3ccc(Oc4cccc(F)c4)nc3)cn2)CC1. The smallest absolute Gasteiger partial charge is 0.319 e. The van der Waals surface area contributed by atoms with Crippen LogP contribution < -0.4 is 20.3 Å². The molecule has 2 N–H and O–H groups in total. The predicted octanol–water partition coefficient (Wildman–Crippen LogP) is 3.48. The van der Waals surface area contributed by atoms with Crippen molar-refractivity contribution < 1.29 is 13.9 Å². The molecule has 0 saturated carbocycles. The standard InChI is InChI=1S/C23H25FN6O2/c1-29-9-11-30(12-10-29)21-7-5-17(14-25-21)15-27-23(31)28-19-6-8-22(26-16-19)32-20-4-2-3-18(24)13-20/h2-8,13-14,16H,9-12,15H2,1H3,(H2,27,28,31). The minimum absolute atomic E-state index is 0.299. The molecule has 0 aliphatic carbocycles. The molecular weight excluding hydrogens is 411 g/mol. The summed E-state index contributed by atoms with van der Waals surface area (Å²) in [6, 6.07) is 12.7. The quantitative estimate of drug-likeness (QED) is 0.616. The van der Waals surface area contributed by atoms with E-state index in [0.29, 0.717) is 23.9 Å². The summed E-state index contributed by atoms with van der Waals surface area (Å²) in [4.78, 5) is 25.4. The fourth-order valence-electron chi connectivity index (χ4n) is 3.27. The van der Waals surface area contributed by atoms with Gasteiger partial charge in [0.25, 0.3) is 0 Å². The number of anilines is 2. The Morgan fingerprint density at radius 3 is 2.59 bits per heavy atom. The number of carbonyl (C=O) groups excluding carboxylic acids is 1. The molecule has 2 amide bonds. The Labute approximate surface area is 186 Å². The second-order valence-electron chi connectivity index (χ2n) is 7.57. The van der Waals surface area contributed by atoms with Gasteiger partial charge in [-0.1, -0.05) is 12.1 Å². The Balaban J connectivity index is 1.24. The average Bonchev–Trinajstić information content (AvgIpc) is 2.80. The zero-order valence-corrected chi connectivity index (χ0v) is 17.8. The molecule has 2 aromatic heterocycles. The lowest BCUT2D eigenvalue weighted by molar-refractivity contribution is 0.251. The fraction of sp³-hybridized carbons (Fsp3) is 0.261. The molecule has 8 nitrogen and oxygen atoms in total. The summed E-state index contributed by atoms with van der Waals surface area (Å²) in [7, 11) is 2.12. The number of hydrogen-bond donors (Lipinski definition) is 2. The molecule has 1 aromatic carbocycles. The van der Waals surface area contributed by atoms with Crippen LogP contribution in [0.15, 0.2) is 60.9 Å². The van der Waals surface area contributed by atoms with E-state index in [-0.39, 0.29) is 11.8 Å². The number of piperazine rings is 1. The van der Waals surface area contributed by atoms with Crippen LogP contribution in [0.25, 0.3) is 0 Å². The van der Waals surface area contributed by atoms with Crippen LogP contribution in [0.2, 0.25) is 0 Å². The van der Waals surface area contributed by atoms with E-state index in [1.807, 2.05) is 12.1 Å². The summed E-state index contributed by atoms with van der Waals surface area (Å²) in [5, 5.41) is 5.52. The Hall–Kier alpha value is -3.72. The van der Waals surface area contributed by atoms with Crippen molar-refractivity contribution in [3.63, 3.8) is 0 Å². The van der Waals surface area contributed by atoms with Gasteiger partial charge in [0.1, 0.15) is 17.4 Å². The van der Waals surface area contributed by atoms with E-state index in [2.05, 4.69) is 37.4 Å². The van der Waals surface area contributed by atoms with E-state index >= 15 is 0 Å². The molecule has 1 aliphatic rings. The third kappa shape index (κ3) is 5.92. The molecule has 0 bridgehead atoms. The summed E-state index contributed by atoms with van der Waals surface area (Å²) in [6.45, 7) is 4.33. The minimum Gasteiger partial charge on any atom is -0.439 e. The maximum atomic E-state index is 13.2. The van der Waals surface area contributed by atoms with Crippen LogP contribution in [0.1, 0.15) is 5.56 Å². The Morgan fingerprint density at radius 1 is 1.06 bits per heavy atom. The van der Waals surface area contributed by atoms with Gasteiger partial charge in [-0.05, 0) is 36.9 Å². The number of pyridine rings is 2. The van der Waals surface area contributed by atoms with Gasteiger partial charge in [0.2, 0.25) is 5.88 Å². The van der Waals surface area contributed by atoms with Gasteiger partial charge < -0.3 is 25.2 Å². The number of ether oxygens (including phenoxy) is 1. The molecule has 32 heavy (non-hydrogen) atoms. The molecule has 0 atom stereocenters. The van der Waals surface area contributed by atoms with Crippen molar-refractivity contribution in [2.24, 2.45) is 0 Å². The van der Waals surface area contributed by atoms with Gasteiger partial charge in [0, 0.05) is 51.1 Å². The van der Waals surface area contributed by atoms with Crippen LogP contribution in [0.3, 0.4) is 0 Å². The van der Waals surface area contributed by atoms with Gasteiger partial charge in [-0.3, -0.25) is 0 Å². The van der Waals surface area contributed by atoms with E-state index in [1.165, 1.54) is 18.3 Å². The van der Waals surface area contributed by atoms with E-state index in [9.17, 15) is 9.18 Å². The van der Waals surface area contributed by atoms with Gasteiger partial charge >= 0.3 is 6.03 Å². The van der Waals surface area contributed by atoms with Crippen LogP contribution in [0, 0.1) is 5.82 Å². The number of urea groups is 1.